The summed E-state index contributed by atoms with van der Waals surface area (Å²) >= 11 is 0. The van der Waals surface area contributed by atoms with E-state index >= 15 is 0 Å². The van der Waals surface area contributed by atoms with E-state index in [0.717, 1.165) is 6.42 Å². The van der Waals surface area contributed by atoms with Gasteiger partial charge in [0.1, 0.15) is 6.10 Å². The highest BCUT2D eigenvalue weighted by atomic mass is 16.5. The predicted octanol–water partition coefficient (Wildman–Crippen LogP) is -0.182. The number of carbonyl (C=O) groups excluding carboxylic acids is 1. The first-order valence-electron chi connectivity index (χ1n) is 4.58. The molecule has 14 heavy (non-hydrogen) atoms. The van der Waals surface area contributed by atoms with Crippen molar-refractivity contribution in [1.82, 2.24) is 20.2 Å². The van der Waals surface area contributed by atoms with Gasteiger partial charge in [0.2, 0.25) is 11.6 Å². The second-order valence-electron chi connectivity index (χ2n) is 3.52. The van der Waals surface area contributed by atoms with Gasteiger partial charge in [0.15, 0.2) is 0 Å². The Morgan fingerprint density at radius 3 is 2.93 bits per heavy atom. The van der Waals surface area contributed by atoms with E-state index < -0.39 is 0 Å². The Morgan fingerprint density at radius 1 is 1.64 bits per heavy atom. The summed E-state index contributed by atoms with van der Waals surface area (Å²) in [6, 6.07) is 0. The third-order valence-electron chi connectivity index (χ3n) is 2.37. The second-order valence-corrected chi connectivity index (χ2v) is 3.52. The van der Waals surface area contributed by atoms with Crippen LogP contribution in [0, 0.1) is 5.92 Å². The number of rotatable bonds is 2. The van der Waals surface area contributed by atoms with Crippen molar-refractivity contribution in [3.63, 3.8) is 0 Å². The molecule has 0 saturated carbocycles. The van der Waals surface area contributed by atoms with Crippen LogP contribution in [0.1, 0.15) is 24.0 Å². The Kier molecular flexibility index (Phi) is 2.28. The van der Waals surface area contributed by atoms with Crippen LogP contribution in [0.5, 0.6) is 0 Å². The van der Waals surface area contributed by atoms with Gasteiger partial charge in [-0.25, -0.2) is 0 Å². The van der Waals surface area contributed by atoms with Crippen LogP contribution in [0.3, 0.4) is 0 Å². The predicted molar refractivity (Wildman–Crippen MR) is 46.6 cm³/mol. The molecule has 0 radical (unpaired) electrons. The number of carbonyl (C=O) groups is 1. The normalized spacial score (nSPS) is 26.7. The number of nitrogens with zero attached hydrogens (tertiary/aromatic N) is 4. The van der Waals surface area contributed by atoms with Crippen LogP contribution in [0.25, 0.3) is 0 Å². The molecule has 2 heterocycles. The number of hydrogen-bond acceptors (Lipinski definition) is 5. The molecule has 0 aromatic carbocycles. The van der Waals surface area contributed by atoms with Gasteiger partial charge in [-0.15, -0.1) is 10.2 Å². The molecule has 0 N–H and O–H groups in total. The summed E-state index contributed by atoms with van der Waals surface area (Å²) < 4.78 is 5.32. The van der Waals surface area contributed by atoms with Gasteiger partial charge in [0.05, 0.1) is 7.05 Å². The highest BCUT2D eigenvalue weighted by Crippen LogP contribution is 2.22. The first-order chi connectivity index (χ1) is 6.68. The Labute approximate surface area is 81.2 Å². The summed E-state index contributed by atoms with van der Waals surface area (Å²) in [5.74, 6) is 0.223. The van der Waals surface area contributed by atoms with E-state index in [-0.39, 0.29) is 23.6 Å². The summed E-state index contributed by atoms with van der Waals surface area (Å²) in [5, 5.41) is 11.1. The molecule has 2 rings (SSSR count). The topological polar surface area (TPSA) is 69.9 Å². The fourth-order valence-corrected chi connectivity index (χ4v) is 1.54. The molecule has 0 spiro atoms. The van der Waals surface area contributed by atoms with E-state index in [1.165, 1.54) is 4.80 Å². The minimum atomic E-state index is -0.390. The third kappa shape index (κ3) is 1.52. The van der Waals surface area contributed by atoms with Crippen LogP contribution in [0.4, 0.5) is 0 Å². The molecule has 6 nitrogen and oxygen atoms in total. The standard InChI is InChI=1S/C8H12N4O2/c1-5-3-4-14-7(5)6(13)8-9-11-12(2)10-8/h5,7H,3-4H2,1-2H3. The Bertz CT molecular complexity index is 349. The monoisotopic (exact) mass is 196 g/mol. The molecule has 6 heteroatoms. The van der Waals surface area contributed by atoms with E-state index in [4.69, 9.17) is 4.74 Å². The average Bonchev–Trinajstić information content (AvgIpc) is 2.73. The fraction of sp³-hybridized carbons (Fsp3) is 0.750. The minimum absolute atomic E-state index is 0.145. The lowest BCUT2D eigenvalue weighted by Gasteiger charge is -2.09. The van der Waals surface area contributed by atoms with E-state index in [0.29, 0.717) is 6.61 Å². The number of ether oxygens (including phenoxy) is 1. The van der Waals surface area contributed by atoms with Gasteiger partial charge in [-0.2, -0.15) is 4.80 Å². The van der Waals surface area contributed by atoms with Gasteiger partial charge in [-0.1, -0.05) is 6.92 Å². The van der Waals surface area contributed by atoms with E-state index in [2.05, 4.69) is 15.4 Å². The van der Waals surface area contributed by atoms with Crippen LogP contribution < -0.4 is 0 Å². The van der Waals surface area contributed by atoms with Crippen LogP contribution in [-0.4, -0.2) is 38.7 Å². The molecule has 0 bridgehead atoms. The van der Waals surface area contributed by atoms with Crippen LogP contribution >= 0.6 is 0 Å². The second kappa shape index (κ2) is 3.45. The van der Waals surface area contributed by atoms with Crippen molar-refractivity contribution in [3.8, 4) is 0 Å². The number of aryl methyl sites for hydroxylation is 1. The van der Waals surface area contributed by atoms with E-state index in [1.54, 1.807) is 7.05 Å². The molecule has 1 aliphatic rings. The van der Waals surface area contributed by atoms with Gasteiger partial charge < -0.3 is 4.74 Å². The third-order valence-corrected chi connectivity index (χ3v) is 2.37. The highest BCUT2D eigenvalue weighted by Gasteiger charge is 2.33. The number of ketones is 1. The zero-order valence-electron chi connectivity index (χ0n) is 8.17. The molecule has 1 aliphatic heterocycles. The molecule has 1 aromatic heterocycles. The summed E-state index contributed by atoms with van der Waals surface area (Å²) in [4.78, 5) is 13.0. The zero-order chi connectivity index (χ0) is 10.1. The molecular weight excluding hydrogens is 184 g/mol. The Balaban J connectivity index is 2.15. The van der Waals surface area contributed by atoms with Gasteiger partial charge in [-0.05, 0) is 17.6 Å². The molecule has 2 unspecified atom stereocenters. The maximum absolute atomic E-state index is 11.8. The fourth-order valence-electron chi connectivity index (χ4n) is 1.54. The summed E-state index contributed by atoms with van der Waals surface area (Å²) in [7, 11) is 1.63. The van der Waals surface area contributed by atoms with Crippen LogP contribution in [-0.2, 0) is 11.8 Å². The van der Waals surface area contributed by atoms with Crippen molar-refractivity contribution < 1.29 is 9.53 Å². The molecular formula is C8H12N4O2. The molecule has 1 saturated heterocycles. The molecule has 76 valence electrons. The lowest BCUT2D eigenvalue weighted by molar-refractivity contribution is 0.0568. The maximum atomic E-state index is 11.8. The van der Waals surface area contributed by atoms with Gasteiger partial charge >= 0.3 is 0 Å². The van der Waals surface area contributed by atoms with Crippen molar-refractivity contribution in [2.24, 2.45) is 13.0 Å². The molecule has 1 fully saturated rings. The molecule has 0 amide bonds. The number of aromatic nitrogens is 4. The van der Waals surface area contributed by atoms with E-state index in [9.17, 15) is 4.79 Å². The first-order valence-corrected chi connectivity index (χ1v) is 4.58. The number of Topliss-reactive ketones (excluding diaryl/α,β-unsaturated/α-hetero) is 1. The van der Waals surface area contributed by atoms with Crippen LogP contribution in [0.2, 0.25) is 0 Å². The van der Waals surface area contributed by atoms with Crippen molar-refractivity contribution >= 4 is 5.78 Å². The zero-order valence-corrected chi connectivity index (χ0v) is 8.17. The summed E-state index contributed by atoms with van der Waals surface area (Å²) in [6.45, 7) is 2.63. The number of hydrogen-bond donors (Lipinski definition) is 0. The quantitative estimate of drug-likeness (QED) is 0.613. The average molecular weight is 196 g/mol. The lowest BCUT2D eigenvalue weighted by Crippen LogP contribution is -2.26. The van der Waals surface area contributed by atoms with Crippen molar-refractivity contribution in [1.29, 1.82) is 0 Å². The number of tetrazole rings is 1. The van der Waals surface area contributed by atoms with Gasteiger partial charge in [0.25, 0.3) is 0 Å². The van der Waals surface area contributed by atoms with Gasteiger partial charge in [-0.3, -0.25) is 4.79 Å². The van der Waals surface area contributed by atoms with Crippen molar-refractivity contribution in [2.45, 2.75) is 19.4 Å². The molecule has 0 aliphatic carbocycles. The molecule has 2 atom stereocenters. The maximum Gasteiger partial charge on any atom is 0.243 e. The minimum Gasteiger partial charge on any atom is -0.370 e. The Morgan fingerprint density at radius 2 is 2.43 bits per heavy atom. The molecule has 1 aromatic rings. The lowest BCUT2D eigenvalue weighted by atomic mass is 10.0. The van der Waals surface area contributed by atoms with Crippen molar-refractivity contribution in [3.05, 3.63) is 5.82 Å². The first kappa shape index (κ1) is 9.26. The summed E-state index contributed by atoms with van der Waals surface area (Å²) in [5.41, 5.74) is 0. The smallest absolute Gasteiger partial charge is 0.243 e. The van der Waals surface area contributed by atoms with Gasteiger partial charge in [0, 0.05) is 6.61 Å². The van der Waals surface area contributed by atoms with Crippen molar-refractivity contribution in [2.75, 3.05) is 6.61 Å². The Hall–Kier alpha value is -1.30. The SMILES string of the molecule is CC1CCOC1C(=O)c1nnn(C)n1. The van der Waals surface area contributed by atoms with Crippen LogP contribution in [0.15, 0.2) is 0 Å². The summed E-state index contributed by atoms with van der Waals surface area (Å²) in [6.07, 6.45) is 0.524. The van der Waals surface area contributed by atoms with E-state index in [1.807, 2.05) is 6.92 Å². The highest BCUT2D eigenvalue weighted by molar-refractivity contribution is 5.96. The largest absolute Gasteiger partial charge is 0.370 e.